The molecule has 4 aromatic rings. The molecule has 4 rings (SSSR count). The van der Waals surface area contributed by atoms with Gasteiger partial charge in [-0.15, -0.1) is 0 Å². The zero-order valence-corrected chi connectivity index (χ0v) is 18.3. The number of hydrogen-bond acceptors (Lipinski definition) is 4. The molecule has 1 unspecified atom stereocenters. The van der Waals surface area contributed by atoms with E-state index in [1.54, 1.807) is 12.1 Å². The average Bonchev–Trinajstić information content (AvgIpc) is 3.15. The highest BCUT2D eigenvalue weighted by Gasteiger charge is 2.16. The summed E-state index contributed by atoms with van der Waals surface area (Å²) in [6.45, 7) is 0.695. The molecule has 0 aliphatic heterocycles. The van der Waals surface area contributed by atoms with Crippen LogP contribution in [0.3, 0.4) is 0 Å². The van der Waals surface area contributed by atoms with E-state index >= 15 is 0 Å². The van der Waals surface area contributed by atoms with Crippen LogP contribution >= 0.6 is 15.9 Å². The topological polar surface area (TPSA) is 76.4 Å². The Kier molecular flexibility index (Phi) is 6.64. The molecule has 0 fully saturated rings. The molecule has 2 N–H and O–H groups in total. The number of carbonyl (C=O) groups is 1. The van der Waals surface area contributed by atoms with Gasteiger partial charge in [0.2, 0.25) is 0 Å². The van der Waals surface area contributed by atoms with Gasteiger partial charge in [0.1, 0.15) is 24.3 Å². The molecular weight excluding hydrogens is 458 g/mol. The monoisotopic (exact) mass is 479 g/mol. The number of benzene rings is 3. The van der Waals surface area contributed by atoms with Crippen molar-refractivity contribution in [1.29, 1.82) is 0 Å². The van der Waals surface area contributed by atoms with Gasteiger partial charge in [0.25, 0.3) is 5.91 Å². The number of ether oxygens (including phenoxy) is 1. The predicted octanol–water partition coefficient (Wildman–Crippen LogP) is 4.17. The minimum atomic E-state index is -0.746. The van der Waals surface area contributed by atoms with Crippen LogP contribution in [0.4, 0.5) is 0 Å². The molecule has 1 atom stereocenters. The molecule has 7 heteroatoms. The number of aliphatic hydroxyl groups excluding tert-OH is 1. The van der Waals surface area contributed by atoms with E-state index in [1.165, 1.54) is 0 Å². The van der Waals surface area contributed by atoms with Gasteiger partial charge >= 0.3 is 0 Å². The minimum Gasteiger partial charge on any atom is -0.491 e. The van der Waals surface area contributed by atoms with Gasteiger partial charge in [-0.25, -0.2) is 4.98 Å². The van der Waals surface area contributed by atoms with E-state index in [1.807, 2.05) is 71.3 Å². The molecule has 3 aromatic carbocycles. The molecule has 1 amide bonds. The molecule has 0 saturated heterocycles. The fourth-order valence-corrected chi connectivity index (χ4v) is 3.57. The van der Waals surface area contributed by atoms with Crippen molar-refractivity contribution in [2.45, 2.75) is 19.2 Å². The van der Waals surface area contributed by atoms with Gasteiger partial charge in [0.15, 0.2) is 0 Å². The Morgan fingerprint density at radius 3 is 2.52 bits per heavy atom. The number of carbonyl (C=O) groups excluding carboxylic acids is 1. The fraction of sp³-hybridized carbons (Fsp3) is 0.167. The minimum absolute atomic E-state index is 0.143. The average molecular weight is 480 g/mol. The summed E-state index contributed by atoms with van der Waals surface area (Å²) in [6, 6.07) is 24.2. The fourth-order valence-electron chi connectivity index (χ4n) is 3.30. The summed E-state index contributed by atoms with van der Waals surface area (Å²) in [5, 5.41) is 13.5. The third kappa shape index (κ3) is 5.31. The number of aromatic nitrogens is 2. The van der Waals surface area contributed by atoms with Gasteiger partial charge in [-0.1, -0.05) is 46.3 Å². The second-order valence-electron chi connectivity index (χ2n) is 7.09. The van der Waals surface area contributed by atoms with Crippen LogP contribution in [0.1, 0.15) is 16.2 Å². The van der Waals surface area contributed by atoms with Crippen LogP contribution in [0.15, 0.2) is 83.3 Å². The van der Waals surface area contributed by atoms with Crippen molar-refractivity contribution in [3.63, 3.8) is 0 Å². The molecular formula is C24H22BrN3O3. The maximum atomic E-state index is 12.4. The van der Waals surface area contributed by atoms with Crippen molar-refractivity contribution in [1.82, 2.24) is 14.9 Å². The molecule has 6 nitrogen and oxygen atoms in total. The highest BCUT2D eigenvalue weighted by atomic mass is 79.9. The summed E-state index contributed by atoms with van der Waals surface area (Å²) in [5.41, 5.74) is 2.30. The summed E-state index contributed by atoms with van der Waals surface area (Å²) >= 11 is 3.39. The standard InChI is InChI=1S/C24H22BrN3O3/c25-18-10-12-20(13-11-18)31-16-19(29)15-28-22-9-5-4-8-21(22)27-23(28)14-26-24(30)17-6-2-1-3-7-17/h1-13,19,29H,14-16H2,(H,26,30). The van der Waals surface area contributed by atoms with Gasteiger partial charge in [-0.3, -0.25) is 4.79 Å². The number of aliphatic hydroxyl groups is 1. The van der Waals surface area contributed by atoms with E-state index in [-0.39, 0.29) is 19.1 Å². The maximum absolute atomic E-state index is 12.4. The first-order valence-corrected chi connectivity index (χ1v) is 10.7. The van der Waals surface area contributed by atoms with E-state index in [0.29, 0.717) is 23.7 Å². The number of amides is 1. The normalized spacial score (nSPS) is 11.9. The summed E-state index contributed by atoms with van der Waals surface area (Å²) in [7, 11) is 0. The van der Waals surface area contributed by atoms with Gasteiger partial charge in [0.05, 0.1) is 24.1 Å². The maximum Gasteiger partial charge on any atom is 0.251 e. The quantitative estimate of drug-likeness (QED) is 0.397. The van der Waals surface area contributed by atoms with Crippen molar-refractivity contribution in [3.8, 4) is 5.75 Å². The van der Waals surface area contributed by atoms with Crippen LogP contribution in [0.25, 0.3) is 11.0 Å². The number of para-hydroxylation sites is 2. The number of imidazole rings is 1. The second kappa shape index (κ2) is 9.76. The zero-order valence-electron chi connectivity index (χ0n) is 16.7. The summed E-state index contributed by atoms with van der Waals surface area (Å²) in [4.78, 5) is 17.1. The molecule has 31 heavy (non-hydrogen) atoms. The number of nitrogens with zero attached hydrogens (tertiary/aromatic N) is 2. The van der Waals surface area contributed by atoms with E-state index in [0.717, 1.165) is 15.5 Å². The van der Waals surface area contributed by atoms with Crippen LogP contribution < -0.4 is 10.1 Å². The third-order valence-electron chi connectivity index (χ3n) is 4.83. The van der Waals surface area contributed by atoms with Gasteiger partial charge in [-0.2, -0.15) is 0 Å². The molecule has 0 saturated carbocycles. The lowest BCUT2D eigenvalue weighted by Gasteiger charge is -2.16. The van der Waals surface area contributed by atoms with Gasteiger partial charge < -0.3 is 19.7 Å². The first-order valence-electron chi connectivity index (χ1n) is 9.94. The number of hydrogen-bond donors (Lipinski definition) is 2. The Morgan fingerprint density at radius 1 is 1.03 bits per heavy atom. The Morgan fingerprint density at radius 2 is 1.74 bits per heavy atom. The van der Waals surface area contributed by atoms with Crippen molar-refractivity contribution in [3.05, 3.63) is 94.7 Å². The highest BCUT2D eigenvalue weighted by molar-refractivity contribution is 9.10. The Hall–Kier alpha value is -3.16. The summed E-state index contributed by atoms with van der Waals surface area (Å²) in [6.07, 6.45) is -0.746. The van der Waals surface area contributed by atoms with Crippen molar-refractivity contribution < 1.29 is 14.6 Å². The van der Waals surface area contributed by atoms with Crippen molar-refractivity contribution in [2.75, 3.05) is 6.61 Å². The SMILES string of the molecule is O=C(NCc1nc2ccccc2n1CC(O)COc1ccc(Br)cc1)c1ccccc1. The van der Waals surface area contributed by atoms with Gasteiger partial charge in [-0.05, 0) is 48.5 Å². The number of nitrogens with one attached hydrogen (secondary N) is 1. The summed E-state index contributed by atoms with van der Waals surface area (Å²) in [5.74, 6) is 1.19. The first kappa shape index (κ1) is 21.1. The van der Waals surface area contributed by atoms with Crippen LogP contribution in [0, 0.1) is 0 Å². The molecule has 1 aromatic heterocycles. The van der Waals surface area contributed by atoms with Crippen LogP contribution in [-0.4, -0.2) is 33.3 Å². The van der Waals surface area contributed by atoms with E-state index in [4.69, 9.17) is 4.74 Å². The lowest BCUT2D eigenvalue weighted by Crippen LogP contribution is -2.28. The molecule has 0 aliphatic rings. The van der Waals surface area contributed by atoms with Gasteiger partial charge in [0, 0.05) is 10.0 Å². The number of fused-ring (bicyclic) bond motifs is 1. The van der Waals surface area contributed by atoms with Crippen molar-refractivity contribution >= 4 is 32.9 Å². The van der Waals surface area contributed by atoms with E-state index in [2.05, 4.69) is 26.2 Å². The largest absolute Gasteiger partial charge is 0.491 e. The van der Waals surface area contributed by atoms with E-state index < -0.39 is 6.10 Å². The Balaban J connectivity index is 1.46. The highest BCUT2D eigenvalue weighted by Crippen LogP contribution is 2.19. The Bertz CT molecular complexity index is 1160. The molecule has 1 heterocycles. The smallest absolute Gasteiger partial charge is 0.251 e. The lowest BCUT2D eigenvalue weighted by molar-refractivity contribution is 0.0917. The first-order chi connectivity index (χ1) is 15.1. The number of halogens is 1. The molecule has 0 spiro atoms. The third-order valence-corrected chi connectivity index (χ3v) is 5.35. The predicted molar refractivity (Wildman–Crippen MR) is 123 cm³/mol. The summed E-state index contributed by atoms with van der Waals surface area (Å²) < 4.78 is 8.60. The van der Waals surface area contributed by atoms with E-state index in [9.17, 15) is 9.90 Å². The van der Waals surface area contributed by atoms with Crippen molar-refractivity contribution in [2.24, 2.45) is 0 Å². The van der Waals surface area contributed by atoms with Crippen LogP contribution in [0.2, 0.25) is 0 Å². The van der Waals surface area contributed by atoms with Crippen LogP contribution in [0.5, 0.6) is 5.75 Å². The molecule has 158 valence electrons. The zero-order chi connectivity index (χ0) is 21.6. The number of rotatable bonds is 8. The lowest BCUT2D eigenvalue weighted by atomic mass is 10.2. The second-order valence-corrected chi connectivity index (χ2v) is 8.01. The van der Waals surface area contributed by atoms with Crippen LogP contribution in [-0.2, 0) is 13.1 Å². The Labute approximate surface area is 188 Å². The molecule has 0 bridgehead atoms. The molecule has 0 aliphatic carbocycles. The molecule has 0 radical (unpaired) electrons.